The van der Waals surface area contributed by atoms with E-state index >= 15 is 0 Å². The van der Waals surface area contributed by atoms with Gasteiger partial charge in [-0.15, -0.1) is 0 Å². The summed E-state index contributed by atoms with van der Waals surface area (Å²) >= 11 is 11.9. The molecule has 170 valence electrons. The molecule has 0 saturated heterocycles. The topological polar surface area (TPSA) is 118 Å². The number of benzene rings is 2. The molecule has 0 saturated carbocycles. The largest absolute Gasteiger partial charge is 0.493 e. The van der Waals surface area contributed by atoms with Crippen LogP contribution >= 0.6 is 23.2 Å². The first-order chi connectivity index (χ1) is 15.3. The molecule has 0 heterocycles. The maximum absolute atomic E-state index is 12.2. The number of carbonyl (C=O) groups excluding carboxylic acids is 3. The zero-order valence-electron chi connectivity index (χ0n) is 17.4. The standard InChI is InChI=1S/C21H22Cl2N4O5/c1-3-8-24-20(29)21(30)27-25-11-13-4-7-17(18(9-13)31-2)32-12-19(28)26-16-6-5-14(22)10-15(16)23/h4-7,9-11H,3,8,12H2,1-2H3,(H,24,29)(H,26,28)(H,27,30)/b25-11-. The minimum absolute atomic E-state index is 0.286. The maximum atomic E-state index is 12.2. The Balaban J connectivity index is 1.93. The highest BCUT2D eigenvalue weighted by molar-refractivity contribution is 6.36. The number of hydrogen-bond donors (Lipinski definition) is 3. The summed E-state index contributed by atoms with van der Waals surface area (Å²) in [5.74, 6) is -1.38. The summed E-state index contributed by atoms with van der Waals surface area (Å²) in [6.45, 7) is 1.99. The van der Waals surface area contributed by atoms with Gasteiger partial charge in [0.15, 0.2) is 18.1 Å². The Morgan fingerprint density at radius 2 is 1.84 bits per heavy atom. The lowest BCUT2D eigenvalue weighted by Gasteiger charge is -2.12. The molecule has 2 aromatic rings. The van der Waals surface area contributed by atoms with E-state index in [0.29, 0.717) is 45.8 Å². The van der Waals surface area contributed by atoms with E-state index in [0.717, 1.165) is 0 Å². The molecule has 3 amide bonds. The maximum Gasteiger partial charge on any atom is 0.329 e. The molecule has 11 heteroatoms. The second-order valence-electron chi connectivity index (χ2n) is 6.33. The number of nitrogens with zero attached hydrogens (tertiary/aromatic N) is 1. The highest BCUT2D eigenvalue weighted by Gasteiger charge is 2.12. The lowest BCUT2D eigenvalue weighted by Crippen LogP contribution is -2.38. The molecular formula is C21H22Cl2N4O5. The molecule has 9 nitrogen and oxygen atoms in total. The Bertz CT molecular complexity index is 1010. The van der Waals surface area contributed by atoms with Gasteiger partial charge in [0.25, 0.3) is 5.91 Å². The van der Waals surface area contributed by atoms with Gasteiger partial charge in [0.2, 0.25) is 0 Å². The summed E-state index contributed by atoms with van der Waals surface area (Å²) in [5, 5.41) is 9.58. The number of hydrazone groups is 1. The Morgan fingerprint density at radius 3 is 2.53 bits per heavy atom. The van der Waals surface area contributed by atoms with Gasteiger partial charge in [0.05, 0.1) is 24.0 Å². The van der Waals surface area contributed by atoms with E-state index < -0.39 is 17.7 Å². The average molecular weight is 481 g/mol. The number of nitrogens with one attached hydrogen (secondary N) is 3. The van der Waals surface area contributed by atoms with Gasteiger partial charge in [-0.3, -0.25) is 14.4 Å². The number of carbonyl (C=O) groups is 3. The predicted molar refractivity (Wildman–Crippen MR) is 123 cm³/mol. The fourth-order valence-electron chi connectivity index (χ4n) is 2.34. The van der Waals surface area contributed by atoms with E-state index in [1.54, 1.807) is 30.3 Å². The van der Waals surface area contributed by atoms with Crippen LogP contribution in [0.1, 0.15) is 18.9 Å². The van der Waals surface area contributed by atoms with Crippen LogP contribution in [0.5, 0.6) is 11.5 Å². The zero-order chi connectivity index (χ0) is 23.5. The highest BCUT2D eigenvalue weighted by Crippen LogP contribution is 2.28. The fourth-order valence-corrected chi connectivity index (χ4v) is 2.79. The van der Waals surface area contributed by atoms with Gasteiger partial charge in [-0.1, -0.05) is 30.1 Å². The van der Waals surface area contributed by atoms with Crippen molar-refractivity contribution in [3.8, 4) is 11.5 Å². The summed E-state index contributed by atoms with van der Waals surface area (Å²) in [7, 11) is 1.44. The third-order valence-corrected chi connectivity index (χ3v) is 4.42. The van der Waals surface area contributed by atoms with E-state index in [1.165, 1.54) is 19.4 Å². The molecule has 0 fully saturated rings. The molecule has 0 radical (unpaired) electrons. The minimum atomic E-state index is -0.867. The SMILES string of the molecule is CCCNC(=O)C(=O)N/N=C\c1ccc(OCC(=O)Nc2ccc(Cl)cc2Cl)c(OC)c1. The average Bonchev–Trinajstić information content (AvgIpc) is 2.78. The molecule has 0 aliphatic rings. The van der Waals surface area contributed by atoms with Gasteiger partial charge in [0, 0.05) is 11.6 Å². The van der Waals surface area contributed by atoms with Crippen LogP contribution in [0.2, 0.25) is 10.0 Å². The van der Waals surface area contributed by atoms with Crippen LogP contribution in [0, 0.1) is 0 Å². The lowest BCUT2D eigenvalue weighted by atomic mass is 10.2. The van der Waals surface area contributed by atoms with Gasteiger partial charge in [-0.2, -0.15) is 5.10 Å². The van der Waals surface area contributed by atoms with Crippen molar-refractivity contribution in [2.75, 3.05) is 25.6 Å². The number of amides is 3. The molecule has 0 atom stereocenters. The summed E-state index contributed by atoms with van der Waals surface area (Å²) in [6.07, 6.45) is 2.06. The van der Waals surface area contributed by atoms with Crippen molar-refractivity contribution < 1.29 is 23.9 Å². The molecule has 3 N–H and O–H groups in total. The van der Waals surface area contributed by atoms with Crippen LogP contribution in [0.4, 0.5) is 5.69 Å². The van der Waals surface area contributed by atoms with Crippen LogP contribution < -0.4 is 25.5 Å². The first-order valence-corrected chi connectivity index (χ1v) is 10.3. The first kappa shape index (κ1) is 25.0. The monoisotopic (exact) mass is 480 g/mol. The van der Waals surface area contributed by atoms with Crippen molar-refractivity contribution >= 4 is 52.8 Å². The second kappa shape index (κ2) is 12.5. The van der Waals surface area contributed by atoms with Crippen molar-refractivity contribution in [3.05, 3.63) is 52.0 Å². The third kappa shape index (κ3) is 7.75. The molecular weight excluding hydrogens is 459 g/mol. The summed E-state index contributed by atoms with van der Waals surface area (Å²) in [6, 6.07) is 9.52. The van der Waals surface area contributed by atoms with Gasteiger partial charge >= 0.3 is 11.8 Å². The quantitative estimate of drug-likeness (QED) is 0.289. The molecule has 0 bridgehead atoms. The summed E-state index contributed by atoms with van der Waals surface area (Å²) < 4.78 is 10.8. The van der Waals surface area contributed by atoms with E-state index in [9.17, 15) is 14.4 Å². The van der Waals surface area contributed by atoms with E-state index in [4.69, 9.17) is 32.7 Å². The summed E-state index contributed by atoms with van der Waals surface area (Å²) in [4.78, 5) is 35.2. The Morgan fingerprint density at radius 1 is 1.06 bits per heavy atom. The first-order valence-electron chi connectivity index (χ1n) is 9.51. The molecule has 0 aliphatic heterocycles. The van der Waals surface area contributed by atoms with Crippen molar-refractivity contribution in [1.82, 2.24) is 10.7 Å². The molecule has 0 unspecified atom stereocenters. The smallest absolute Gasteiger partial charge is 0.329 e. The third-order valence-electron chi connectivity index (χ3n) is 3.87. The van der Waals surface area contributed by atoms with Crippen molar-refractivity contribution in [3.63, 3.8) is 0 Å². The minimum Gasteiger partial charge on any atom is -0.493 e. The van der Waals surface area contributed by atoms with Crippen molar-refractivity contribution in [2.24, 2.45) is 5.10 Å². The molecule has 0 aliphatic carbocycles. The van der Waals surface area contributed by atoms with Crippen LogP contribution in [0.15, 0.2) is 41.5 Å². The van der Waals surface area contributed by atoms with Crippen LogP contribution in [-0.4, -0.2) is 44.2 Å². The number of halogens is 2. The van der Waals surface area contributed by atoms with E-state index in [-0.39, 0.29) is 6.61 Å². The number of hydrogen-bond acceptors (Lipinski definition) is 6. The number of methoxy groups -OCH3 is 1. The van der Waals surface area contributed by atoms with Gasteiger partial charge in [-0.05, 0) is 48.4 Å². The van der Waals surface area contributed by atoms with E-state index in [1.807, 2.05) is 6.92 Å². The number of anilines is 1. The van der Waals surface area contributed by atoms with Crippen LogP contribution in [0.25, 0.3) is 0 Å². The molecule has 2 aromatic carbocycles. The molecule has 2 rings (SSSR count). The number of rotatable bonds is 9. The predicted octanol–water partition coefficient (Wildman–Crippen LogP) is 3.00. The number of ether oxygens (including phenoxy) is 2. The normalized spacial score (nSPS) is 10.5. The van der Waals surface area contributed by atoms with Crippen LogP contribution in [0.3, 0.4) is 0 Å². The van der Waals surface area contributed by atoms with Gasteiger partial charge < -0.3 is 20.1 Å². The van der Waals surface area contributed by atoms with Crippen molar-refractivity contribution in [2.45, 2.75) is 13.3 Å². The Hall–Kier alpha value is -3.30. The van der Waals surface area contributed by atoms with Crippen LogP contribution in [-0.2, 0) is 14.4 Å². The summed E-state index contributed by atoms with van der Waals surface area (Å²) in [5.41, 5.74) is 3.12. The zero-order valence-corrected chi connectivity index (χ0v) is 18.9. The lowest BCUT2D eigenvalue weighted by molar-refractivity contribution is -0.139. The van der Waals surface area contributed by atoms with E-state index in [2.05, 4.69) is 21.2 Å². The van der Waals surface area contributed by atoms with Gasteiger partial charge in [0.1, 0.15) is 0 Å². The van der Waals surface area contributed by atoms with Crippen molar-refractivity contribution in [1.29, 1.82) is 0 Å². The fraction of sp³-hybridized carbons (Fsp3) is 0.238. The van der Waals surface area contributed by atoms with Gasteiger partial charge in [-0.25, -0.2) is 5.43 Å². The Kier molecular flexibility index (Phi) is 9.77. The molecule has 32 heavy (non-hydrogen) atoms. The highest BCUT2D eigenvalue weighted by atomic mass is 35.5. The molecule has 0 spiro atoms. The second-order valence-corrected chi connectivity index (χ2v) is 7.17. The molecule has 0 aromatic heterocycles. The Labute approximate surface area is 195 Å².